The first kappa shape index (κ1) is 19.4. The molecule has 2 aromatic rings. The SMILES string of the molecule is CC(C)Oc1ccc2cc(C(=O)NCCCN3CCOCC3)c(=O)oc2c1. The number of benzene rings is 1. The molecular weight excluding hydrogens is 348 g/mol. The van der Waals surface area contributed by atoms with Gasteiger partial charge in [-0.05, 0) is 45.0 Å². The fraction of sp³-hybridized carbons (Fsp3) is 0.500. The van der Waals surface area contributed by atoms with E-state index >= 15 is 0 Å². The highest BCUT2D eigenvalue weighted by Crippen LogP contribution is 2.21. The number of nitrogens with one attached hydrogen (secondary N) is 1. The molecule has 7 nitrogen and oxygen atoms in total. The van der Waals surface area contributed by atoms with E-state index in [1.807, 2.05) is 13.8 Å². The number of hydrogen-bond donors (Lipinski definition) is 1. The summed E-state index contributed by atoms with van der Waals surface area (Å²) in [4.78, 5) is 26.8. The molecule has 27 heavy (non-hydrogen) atoms. The first-order valence-electron chi connectivity index (χ1n) is 9.36. The second-order valence-electron chi connectivity index (χ2n) is 6.88. The molecule has 1 N–H and O–H groups in total. The van der Waals surface area contributed by atoms with Gasteiger partial charge < -0.3 is 19.2 Å². The summed E-state index contributed by atoms with van der Waals surface area (Å²) in [6.45, 7) is 8.61. The average Bonchev–Trinajstić information content (AvgIpc) is 2.65. The Hall–Kier alpha value is -2.38. The summed E-state index contributed by atoms with van der Waals surface area (Å²) in [7, 11) is 0. The number of hydrogen-bond acceptors (Lipinski definition) is 6. The summed E-state index contributed by atoms with van der Waals surface area (Å²) in [5.41, 5.74) is -0.219. The number of morpholine rings is 1. The van der Waals surface area contributed by atoms with Gasteiger partial charge in [0.2, 0.25) is 0 Å². The normalized spacial score (nSPS) is 15.2. The molecule has 146 valence electrons. The monoisotopic (exact) mass is 374 g/mol. The number of rotatable bonds is 7. The van der Waals surface area contributed by atoms with Crippen LogP contribution in [-0.2, 0) is 4.74 Å². The minimum atomic E-state index is -0.644. The van der Waals surface area contributed by atoms with Gasteiger partial charge in [0.15, 0.2) is 0 Å². The smallest absolute Gasteiger partial charge is 0.349 e. The second-order valence-corrected chi connectivity index (χ2v) is 6.88. The molecule has 7 heteroatoms. The molecule has 0 bridgehead atoms. The lowest BCUT2D eigenvalue weighted by molar-refractivity contribution is 0.0374. The van der Waals surface area contributed by atoms with Crippen molar-refractivity contribution in [3.05, 3.63) is 40.2 Å². The fourth-order valence-corrected chi connectivity index (χ4v) is 3.02. The molecule has 0 aliphatic carbocycles. The van der Waals surface area contributed by atoms with Crippen LogP contribution in [-0.4, -0.2) is 56.3 Å². The lowest BCUT2D eigenvalue weighted by Crippen LogP contribution is -2.38. The van der Waals surface area contributed by atoms with Crippen LogP contribution in [0.2, 0.25) is 0 Å². The summed E-state index contributed by atoms with van der Waals surface area (Å²) in [5, 5.41) is 3.48. The predicted molar refractivity (Wildman–Crippen MR) is 102 cm³/mol. The molecule has 1 aromatic heterocycles. The van der Waals surface area contributed by atoms with Crippen LogP contribution >= 0.6 is 0 Å². The number of carbonyl (C=O) groups excluding carboxylic acids is 1. The Balaban J connectivity index is 1.60. The van der Waals surface area contributed by atoms with E-state index in [1.165, 1.54) is 0 Å². The van der Waals surface area contributed by atoms with Crippen molar-refractivity contribution in [1.82, 2.24) is 10.2 Å². The van der Waals surface area contributed by atoms with E-state index in [9.17, 15) is 9.59 Å². The van der Waals surface area contributed by atoms with E-state index < -0.39 is 11.5 Å². The highest BCUT2D eigenvalue weighted by molar-refractivity contribution is 5.96. The molecule has 3 rings (SSSR count). The largest absolute Gasteiger partial charge is 0.491 e. The van der Waals surface area contributed by atoms with E-state index in [0.29, 0.717) is 23.3 Å². The topological polar surface area (TPSA) is 81.0 Å². The predicted octanol–water partition coefficient (Wildman–Crippen LogP) is 2.03. The third kappa shape index (κ3) is 5.30. The van der Waals surface area contributed by atoms with E-state index in [4.69, 9.17) is 13.9 Å². The lowest BCUT2D eigenvalue weighted by atomic mass is 10.1. The Morgan fingerprint density at radius 1 is 1.26 bits per heavy atom. The van der Waals surface area contributed by atoms with E-state index in [0.717, 1.165) is 39.3 Å². The van der Waals surface area contributed by atoms with E-state index in [2.05, 4.69) is 10.2 Å². The summed E-state index contributed by atoms with van der Waals surface area (Å²) in [5.74, 6) is 0.219. The standard InChI is InChI=1S/C20H26N2O5/c1-14(2)26-16-5-4-15-12-17(20(24)27-18(15)13-16)19(23)21-6-3-7-22-8-10-25-11-9-22/h4-5,12-14H,3,6-11H2,1-2H3,(H,21,23). The van der Waals surface area contributed by atoms with Gasteiger partial charge in [0.1, 0.15) is 16.9 Å². The average molecular weight is 374 g/mol. The molecule has 1 saturated heterocycles. The highest BCUT2D eigenvalue weighted by Gasteiger charge is 2.15. The van der Waals surface area contributed by atoms with Crippen molar-refractivity contribution in [2.24, 2.45) is 0 Å². The Labute approximate surface area is 158 Å². The summed E-state index contributed by atoms with van der Waals surface area (Å²) < 4.78 is 16.2. The summed E-state index contributed by atoms with van der Waals surface area (Å²) in [6, 6.07) is 6.82. The minimum absolute atomic E-state index is 0.0198. The maximum atomic E-state index is 12.3. The van der Waals surface area contributed by atoms with Crippen molar-refractivity contribution < 1.29 is 18.7 Å². The van der Waals surface area contributed by atoms with Crippen LogP contribution in [0.1, 0.15) is 30.6 Å². The lowest BCUT2D eigenvalue weighted by Gasteiger charge is -2.26. The Morgan fingerprint density at radius 3 is 2.78 bits per heavy atom. The second kappa shape index (κ2) is 9.01. The number of amides is 1. The zero-order chi connectivity index (χ0) is 19.2. The van der Waals surface area contributed by atoms with Gasteiger partial charge in [-0.2, -0.15) is 0 Å². The van der Waals surface area contributed by atoms with E-state index in [-0.39, 0.29) is 11.7 Å². The van der Waals surface area contributed by atoms with Crippen molar-refractivity contribution in [2.45, 2.75) is 26.4 Å². The maximum Gasteiger partial charge on any atom is 0.349 e. The highest BCUT2D eigenvalue weighted by atomic mass is 16.5. The third-order valence-corrected chi connectivity index (χ3v) is 4.36. The number of carbonyl (C=O) groups is 1. The molecule has 2 heterocycles. The molecule has 1 fully saturated rings. The van der Waals surface area contributed by atoms with Gasteiger partial charge in [0.05, 0.1) is 19.3 Å². The fourth-order valence-electron chi connectivity index (χ4n) is 3.02. The van der Waals surface area contributed by atoms with Crippen LogP contribution in [0.5, 0.6) is 5.75 Å². The van der Waals surface area contributed by atoms with Crippen LogP contribution in [0.15, 0.2) is 33.5 Å². The van der Waals surface area contributed by atoms with Crippen molar-refractivity contribution in [3.8, 4) is 5.75 Å². The Bertz CT molecular complexity index is 840. The molecule has 1 aliphatic rings. The molecule has 0 spiro atoms. The van der Waals surface area contributed by atoms with Gasteiger partial charge in [0, 0.05) is 31.1 Å². The van der Waals surface area contributed by atoms with Gasteiger partial charge in [-0.25, -0.2) is 4.79 Å². The quantitative estimate of drug-likeness (QED) is 0.590. The molecule has 0 saturated carbocycles. The van der Waals surface area contributed by atoms with Crippen LogP contribution in [0.25, 0.3) is 11.0 Å². The van der Waals surface area contributed by atoms with Gasteiger partial charge in [-0.1, -0.05) is 0 Å². The zero-order valence-corrected chi connectivity index (χ0v) is 15.8. The molecule has 1 aliphatic heterocycles. The zero-order valence-electron chi connectivity index (χ0n) is 15.8. The van der Waals surface area contributed by atoms with Crippen molar-refractivity contribution >= 4 is 16.9 Å². The Kier molecular flexibility index (Phi) is 6.47. The molecule has 0 radical (unpaired) electrons. The van der Waals surface area contributed by atoms with Gasteiger partial charge in [-0.15, -0.1) is 0 Å². The molecular formula is C20H26N2O5. The first-order chi connectivity index (χ1) is 13.0. The maximum absolute atomic E-state index is 12.3. The first-order valence-corrected chi connectivity index (χ1v) is 9.36. The molecule has 0 atom stereocenters. The number of nitrogens with zero attached hydrogens (tertiary/aromatic N) is 1. The van der Waals surface area contributed by atoms with Crippen molar-refractivity contribution in [2.75, 3.05) is 39.4 Å². The number of fused-ring (bicyclic) bond motifs is 1. The minimum Gasteiger partial charge on any atom is -0.491 e. The van der Waals surface area contributed by atoms with Crippen LogP contribution in [0.4, 0.5) is 0 Å². The van der Waals surface area contributed by atoms with Crippen molar-refractivity contribution in [3.63, 3.8) is 0 Å². The van der Waals surface area contributed by atoms with Crippen LogP contribution in [0.3, 0.4) is 0 Å². The van der Waals surface area contributed by atoms with Gasteiger partial charge in [0.25, 0.3) is 5.91 Å². The van der Waals surface area contributed by atoms with Gasteiger partial charge >= 0.3 is 5.63 Å². The van der Waals surface area contributed by atoms with Gasteiger partial charge in [-0.3, -0.25) is 9.69 Å². The summed E-state index contributed by atoms with van der Waals surface area (Å²) >= 11 is 0. The third-order valence-electron chi connectivity index (χ3n) is 4.36. The van der Waals surface area contributed by atoms with Crippen LogP contribution < -0.4 is 15.7 Å². The molecule has 0 unspecified atom stereocenters. The molecule has 1 amide bonds. The van der Waals surface area contributed by atoms with E-state index in [1.54, 1.807) is 24.3 Å². The number of ether oxygens (including phenoxy) is 2. The molecule has 1 aromatic carbocycles. The summed E-state index contributed by atoms with van der Waals surface area (Å²) in [6.07, 6.45) is 0.845. The Morgan fingerprint density at radius 2 is 2.04 bits per heavy atom. The van der Waals surface area contributed by atoms with Crippen molar-refractivity contribution in [1.29, 1.82) is 0 Å². The van der Waals surface area contributed by atoms with Crippen LogP contribution in [0, 0.1) is 0 Å².